The Kier molecular flexibility index (Phi) is 2.90. The Morgan fingerprint density at radius 2 is 2.46 bits per heavy atom. The van der Waals surface area contributed by atoms with Gasteiger partial charge in [-0.3, -0.25) is 4.79 Å². The summed E-state index contributed by atoms with van der Waals surface area (Å²) in [5.41, 5.74) is 0.323. The molecule has 1 aromatic rings. The number of carboxylic acids is 1. The minimum atomic E-state index is -1.11. The van der Waals surface area contributed by atoms with Crippen molar-refractivity contribution in [1.82, 2.24) is 9.55 Å². The Morgan fingerprint density at radius 3 is 2.85 bits per heavy atom. The number of aliphatic hydroxyl groups is 1. The van der Waals surface area contributed by atoms with Gasteiger partial charge in [-0.2, -0.15) is 0 Å². The topological polar surface area (TPSA) is 75.3 Å². The molecule has 1 aromatic heterocycles. The van der Waals surface area contributed by atoms with Gasteiger partial charge in [-0.25, -0.2) is 4.98 Å². The van der Waals surface area contributed by atoms with Crippen LogP contribution in [0.2, 0.25) is 5.15 Å². The third-order valence-electron chi connectivity index (χ3n) is 1.62. The van der Waals surface area contributed by atoms with Crippen molar-refractivity contribution in [3.05, 3.63) is 17.2 Å². The highest BCUT2D eigenvalue weighted by Gasteiger charge is 2.18. The molecule has 2 N–H and O–H groups in total. The van der Waals surface area contributed by atoms with Crippen LogP contribution in [0.5, 0.6) is 0 Å². The summed E-state index contributed by atoms with van der Waals surface area (Å²) in [5, 5.41) is 18.0. The summed E-state index contributed by atoms with van der Waals surface area (Å²) in [7, 11) is 1.64. The smallest absolute Gasteiger partial charge is 0.306 e. The van der Waals surface area contributed by atoms with Gasteiger partial charge in [0, 0.05) is 7.05 Å². The number of hydrogen-bond donors (Lipinski definition) is 2. The van der Waals surface area contributed by atoms with Gasteiger partial charge in [-0.15, -0.1) is 0 Å². The van der Waals surface area contributed by atoms with E-state index in [0.29, 0.717) is 5.69 Å². The van der Waals surface area contributed by atoms with Crippen molar-refractivity contribution in [2.45, 2.75) is 12.5 Å². The number of halogens is 1. The molecule has 0 aromatic carbocycles. The van der Waals surface area contributed by atoms with E-state index in [-0.39, 0.29) is 11.6 Å². The second-order valence-electron chi connectivity index (χ2n) is 2.65. The number of rotatable bonds is 3. The maximum Gasteiger partial charge on any atom is 0.306 e. The van der Waals surface area contributed by atoms with E-state index in [0.717, 1.165) is 0 Å². The van der Waals surface area contributed by atoms with Gasteiger partial charge in [0.1, 0.15) is 6.10 Å². The van der Waals surface area contributed by atoms with Crippen LogP contribution in [0.3, 0.4) is 0 Å². The first-order chi connectivity index (χ1) is 6.02. The SMILES string of the molecule is Cn1cnc(Cl)c1[C@H](O)CC(=O)O. The van der Waals surface area contributed by atoms with Gasteiger partial charge in [0.2, 0.25) is 0 Å². The summed E-state index contributed by atoms with van der Waals surface area (Å²) in [6, 6.07) is 0. The number of aliphatic hydroxyl groups excluding tert-OH is 1. The molecule has 5 nitrogen and oxygen atoms in total. The average molecular weight is 205 g/mol. The van der Waals surface area contributed by atoms with E-state index in [1.165, 1.54) is 10.9 Å². The number of aryl methyl sites for hydroxylation is 1. The fourth-order valence-electron chi connectivity index (χ4n) is 1.05. The van der Waals surface area contributed by atoms with Crippen LogP contribution in [-0.4, -0.2) is 25.7 Å². The lowest BCUT2D eigenvalue weighted by Crippen LogP contribution is -2.09. The highest BCUT2D eigenvalue weighted by atomic mass is 35.5. The van der Waals surface area contributed by atoms with Crippen LogP contribution in [0, 0.1) is 0 Å². The van der Waals surface area contributed by atoms with Gasteiger partial charge >= 0.3 is 5.97 Å². The van der Waals surface area contributed by atoms with Crippen molar-refractivity contribution >= 4 is 17.6 Å². The summed E-state index contributed by atoms with van der Waals surface area (Å²) in [6.45, 7) is 0. The standard InChI is InChI=1S/C7H9ClN2O3/c1-10-3-9-7(8)6(10)4(11)2-5(12)13/h3-4,11H,2H2,1H3,(H,12,13)/t4-/m1/s1. The Labute approximate surface area is 79.6 Å². The van der Waals surface area contributed by atoms with E-state index >= 15 is 0 Å². The van der Waals surface area contributed by atoms with Crippen LogP contribution < -0.4 is 0 Å². The number of nitrogens with zero attached hydrogens (tertiary/aromatic N) is 2. The second-order valence-corrected chi connectivity index (χ2v) is 3.00. The number of aliphatic carboxylic acids is 1. The minimum Gasteiger partial charge on any atom is -0.481 e. The van der Waals surface area contributed by atoms with Gasteiger partial charge in [-0.1, -0.05) is 11.6 Å². The molecule has 0 aliphatic carbocycles. The van der Waals surface area contributed by atoms with Crippen molar-refractivity contribution in [1.29, 1.82) is 0 Å². The molecule has 1 rings (SSSR count). The molecule has 6 heteroatoms. The Bertz CT molecular complexity index is 304. The van der Waals surface area contributed by atoms with Crippen molar-refractivity contribution in [2.24, 2.45) is 7.05 Å². The maximum absolute atomic E-state index is 10.3. The van der Waals surface area contributed by atoms with Crippen LogP contribution >= 0.6 is 11.6 Å². The largest absolute Gasteiger partial charge is 0.481 e. The van der Waals surface area contributed by atoms with E-state index in [2.05, 4.69) is 4.98 Å². The van der Waals surface area contributed by atoms with Gasteiger partial charge < -0.3 is 14.8 Å². The minimum absolute atomic E-state index is 0.135. The summed E-state index contributed by atoms with van der Waals surface area (Å²) < 4.78 is 1.50. The molecule has 72 valence electrons. The maximum atomic E-state index is 10.3. The number of hydrogen-bond acceptors (Lipinski definition) is 3. The fraction of sp³-hybridized carbons (Fsp3) is 0.429. The Morgan fingerprint density at radius 1 is 1.85 bits per heavy atom. The first kappa shape index (κ1) is 10.0. The molecular formula is C7H9ClN2O3. The molecule has 0 saturated carbocycles. The van der Waals surface area contributed by atoms with Gasteiger partial charge in [0.15, 0.2) is 5.15 Å². The molecule has 0 aliphatic heterocycles. The van der Waals surface area contributed by atoms with Gasteiger partial charge in [0.25, 0.3) is 0 Å². The molecule has 1 atom stereocenters. The lowest BCUT2D eigenvalue weighted by atomic mass is 10.2. The number of carbonyl (C=O) groups is 1. The van der Waals surface area contributed by atoms with Gasteiger partial charge in [-0.05, 0) is 0 Å². The van der Waals surface area contributed by atoms with Crippen LogP contribution in [0.25, 0.3) is 0 Å². The van der Waals surface area contributed by atoms with Crippen molar-refractivity contribution in [3.8, 4) is 0 Å². The van der Waals surface area contributed by atoms with E-state index in [1.54, 1.807) is 7.05 Å². The number of imidazole rings is 1. The monoisotopic (exact) mass is 204 g/mol. The molecule has 0 fully saturated rings. The van der Waals surface area contributed by atoms with Crippen molar-refractivity contribution in [2.75, 3.05) is 0 Å². The molecular weight excluding hydrogens is 196 g/mol. The normalized spacial score (nSPS) is 12.8. The zero-order chi connectivity index (χ0) is 10.0. The molecule has 0 bridgehead atoms. The van der Waals surface area contributed by atoms with E-state index in [9.17, 15) is 9.90 Å². The third kappa shape index (κ3) is 2.19. The van der Waals surface area contributed by atoms with Crippen LogP contribution in [0.4, 0.5) is 0 Å². The summed E-state index contributed by atoms with van der Waals surface area (Å²) in [6.07, 6.45) is -0.0698. The molecule has 0 saturated heterocycles. The molecule has 0 radical (unpaired) electrons. The van der Waals surface area contributed by atoms with Gasteiger partial charge in [0.05, 0.1) is 18.4 Å². The predicted octanol–water partition coefficient (Wildman–Crippen LogP) is 0.582. The van der Waals surface area contributed by atoms with Crippen LogP contribution in [-0.2, 0) is 11.8 Å². The molecule has 0 unspecified atom stereocenters. The van der Waals surface area contributed by atoms with Crippen LogP contribution in [0.1, 0.15) is 18.2 Å². The fourth-order valence-corrected chi connectivity index (χ4v) is 1.35. The van der Waals surface area contributed by atoms with Crippen molar-refractivity contribution in [3.63, 3.8) is 0 Å². The zero-order valence-corrected chi connectivity index (χ0v) is 7.69. The highest BCUT2D eigenvalue weighted by molar-refractivity contribution is 6.30. The zero-order valence-electron chi connectivity index (χ0n) is 6.94. The summed E-state index contributed by atoms with van der Waals surface area (Å²) >= 11 is 5.64. The Hall–Kier alpha value is -1.07. The molecule has 0 aliphatic rings. The quantitative estimate of drug-likeness (QED) is 0.755. The third-order valence-corrected chi connectivity index (χ3v) is 1.91. The highest BCUT2D eigenvalue weighted by Crippen LogP contribution is 2.23. The molecule has 1 heterocycles. The van der Waals surface area contributed by atoms with E-state index < -0.39 is 12.1 Å². The van der Waals surface area contributed by atoms with Crippen molar-refractivity contribution < 1.29 is 15.0 Å². The van der Waals surface area contributed by atoms with Crippen LogP contribution in [0.15, 0.2) is 6.33 Å². The number of aromatic nitrogens is 2. The van der Waals surface area contributed by atoms with E-state index in [1.807, 2.05) is 0 Å². The second kappa shape index (κ2) is 3.76. The first-order valence-corrected chi connectivity index (χ1v) is 3.96. The lowest BCUT2D eigenvalue weighted by molar-refractivity contribution is -0.139. The molecule has 0 spiro atoms. The Balaban J connectivity index is 2.87. The predicted molar refractivity (Wildman–Crippen MR) is 45.4 cm³/mol. The van der Waals surface area contributed by atoms with E-state index in [4.69, 9.17) is 16.7 Å². The number of carboxylic acid groups (broad SMARTS) is 1. The lowest BCUT2D eigenvalue weighted by Gasteiger charge is -2.08. The summed E-state index contributed by atoms with van der Waals surface area (Å²) in [5.74, 6) is -1.08. The first-order valence-electron chi connectivity index (χ1n) is 3.59. The molecule has 13 heavy (non-hydrogen) atoms. The average Bonchev–Trinajstić information content (AvgIpc) is 2.29. The molecule has 0 amide bonds. The summed E-state index contributed by atoms with van der Waals surface area (Å²) in [4.78, 5) is 14.0.